The molecule has 0 fully saturated rings. The van der Waals surface area contributed by atoms with E-state index < -0.39 is 0 Å². The molecule has 1 heterocycles. The Bertz CT molecular complexity index is 910. The number of nitrogens with one attached hydrogen (secondary N) is 1. The van der Waals surface area contributed by atoms with Crippen LogP contribution < -0.4 is 5.32 Å². The van der Waals surface area contributed by atoms with Crippen LogP contribution in [0.2, 0.25) is 0 Å². The van der Waals surface area contributed by atoms with E-state index in [1.807, 2.05) is 24.3 Å². The molecule has 1 N–H and O–H groups in total. The number of hydrogen-bond acceptors (Lipinski definition) is 5. The Morgan fingerprint density at radius 1 is 1.08 bits per heavy atom. The molecule has 126 valence electrons. The van der Waals surface area contributed by atoms with Crippen molar-refractivity contribution in [2.75, 3.05) is 26.0 Å². The third-order valence-electron chi connectivity index (χ3n) is 4.33. The van der Waals surface area contributed by atoms with Crippen molar-refractivity contribution < 1.29 is 0 Å². The van der Waals surface area contributed by atoms with Gasteiger partial charge in [0.1, 0.15) is 6.07 Å². The van der Waals surface area contributed by atoms with E-state index in [9.17, 15) is 5.26 Å². The van der Waals surface area contributed by atoms with Gasteiger partial charge < -0.3 is 10.2 Å². The van der Waals surface area contributed by atoms with E-state index >= 15 is 0 Å². The van der Waals surface area contributed by atoms with Crippen LogP contribution in [0.4, 0.5) is 5.69 Å². The number of rotatable bonds is 5. The largest absolute Gasteiger partial charge is 0.380 e. The summed E-state index contributed by atoms with van der Waals surface area (Å²) in [4.78, 5) is 2.17. The Morgan fingerprint density at radius 2 is 1.80 bits per heavy atom. The molecule has 25 heavy (non-hydrogen) atoms. The molecule has 0 bridgehead atoms. The Morgan fingerprint density at radius 3 is 2.48 bits per heavy atom. The van der Waals surface area contributed by atoms with Crippen LogP contribution in [0.15, 0.2) is 48.5 Å². The summed E-state index contributed by atoms with van der Waals surface area (Å²) in [6.07, 6.45) is 0. The molecule has 0 amide bonds. The van der Waals surface area contributed by atoms with E-state index in [-0.39, 0.29) is 6.04 Å². The summed E-state index contributed by atoms with van der Waals surface area (Å²) in [6, 6.07) is 18.6. The van der Waals surface area contributed by atoms with Gasteiger partial charge in [-0.2, -0.15) is 5.26 Å². The predicted molar refractivity (Wildman–Crippen MR) is 100 cm³/mol. The first-order chi connectivity index (χ1) is 12.1. The molecule has 1 atom stereocenters. The van der Waals surface area contributed by atoms with E-state index in [4.69, 9.17) is 0 Å². The second-order valence-corrected chi connectivity index (χ2v) is 6.32. The molecule has 3 aromatic rings. The van der Waals surface area contributed by atoms with Gasteiger partial charge in [0.2, 0.25) is 0 Å². The lowest BCUT2D eigenvalue weighted by molar-refractivity contribution is 0.312. The average molecular weight is 331 g/mol. The summed E-state index contributed by atoms with van der Waals surface area (Å²) < 4.78 is 0. The highest BCUT2D eigenvalue weighted by Crippen LogP contribution is 2.26. The van der Waals surface area contributed by atoms with Crippen molar-refractivity contribution in [3.05, 3.63) is 65.4 Å². The first-order valence-electron chi connectivity index (χ1n) is 8.22. The molecule has 0 saturated heterocycles. The number of nitrogens with zero attached hydrogens (tertiary/aromatic N) is 4. The average Bonchev–Trinajstić information content (AvgIpc) is 2.63. The first-order valence-corrected chi connectivity index (χ1v) is 8.22. The molecule has 5 nitrogen and oxygen atoms in total. The maximum atomic E-state index is 9.40. The lowest BCUT2D eigenvalue weighted by Crippen LogP contribution is -2.27. The van der Waals surface area contributed by atoms with Gasteiger partial charge in [-0.15, -0.1) is 10.2 Å². The second-order valence-electron chi connectivity index (χ2n) is 6.32. The minimum Gasteiger partial charge on any atom is -0.380 e. The molecule has 5 heteroatoms. The van der Waals surface area contributed by atoms with Crippen LogP contribution in [0, 0.1) is 18.3 Å². The van der Waals surface area contributed by atoms with Gasteiger partial charge in [0.15, 0.2) is 5.69 Å². The van der Waals surface area contributed by atoms with Crippen LogP contribution in [-0.2, 0) is 0 Å². The van der Waals surface area contributed by atoms with Gasteiger partial charge in [0, 0.05) is 11.9 Å². The standard InChI is InChI=1S/C20H21N5/c1-14-8-10-15(11-9-14)19(25(2)3)13-22-20-16-6-4-5-7-17(16)23-24-18(20)12-21/h4-11,19H,13H2,1-3H3,(H,22,23). The normalized spacial score (nSPS) is 12.1. The Balaban J connectivity index is 1.92. The fraction of sp³-hybridized carbons (Fsp3) is 0.250. The summed E-state index contributed by atoms with van der Waals surface area (Å²) in [5, 5.41) is 21.9. The number of benzene rings is 2. The highest BCUT2D eigenvalue weighted by molar-refractivity contribution is 5.92. The van der Waals surface area contributed by atoms with Crippen LogP contribution in [0.1, 0.15) is 22.9 Å². The summed E-state index contributed by atoms with van der Waals surface area (Å²) >= 11 is 0. The smallest absolute Gasteiger partial charge is 0.186 e. The van der Waals surface area contributed by atoms with Crippen molar-refractivity contribution in [2.24, 2.45) is 0 Å². The van der Waals surface area contributed by atoms with E-state index in [2.05, 4.69) is 71.8 Å². The summed E-state index contributed by atoms with van der Waals surface area (Å²) in [5.74, 6) is 0. The van der Waals surface area contributed by atoms with Gasteiger partial charge in [-0.3, -0.25) is 0 Å². The van der Waals surface area contributed by atoms with E-state index in [1.54, 1.807) is 0 Å². The maximum absolute atomic E-state index is 9.40. The molecule has 0 spiro atoms. The molecule has 1 unspecified atom stereocenters. The van der Waals surface area contributed by atoms with Crippen LogP contribution in [0.5, 0.6) is 0 Å². The lowest BCUT2D eigenvalue weighted by Gasteiger charge is -2.26. The molecular formula is C20H21N5. The fourth-order valence-corrected chi connectivity index (χ4v) is 2.90. The summed E-state index contributed by atoms with van der Waals surface area (Å²) in [6.45, 7) is 2.75. The van der Waals surface area contributed by atoms with Crippen molar-refractivity contribution in [3.63, 3.8) is 0 Å². The van der Waals surface area contributed by atoms with Crippen molar-refractivity contribution in [3.8, 4) is 6.07 Å². The van der Waals surface area contributed by atoms with Gasteiger partial charge in [0.05, 0.1) is 17.2 Å². The Hall–Kier alpha value is -2.97. The van der Waals surface area contributed by atoms with E-state index in [0.717, 1.165) is 16.6 Å². The SMILES string of the molecule is Cc1ccc(C(CNc2c(C#N)nnc3ccccc23)N(C)C)cc1. The minimum absolute atomic E-state index is 0.180. The Kier molecular flexibility index (Phi) is 4.92. The maximum Gasteiger partial charge on any atom is 0.186 e. The number of fused-ring (bicyclic) bond motifs is 1. The molecular weight excluding hydrogens is 310 g/mol. The van der Waals surface area contributed by atoms with Gasteiger partial charge in [-0.1, -0.05) is 48.0 Å². The summed E-state index contributed by atoms with van der Waals surface area (Å²) in [7, 11) is 4.11. The van der Waals surface area contributed by atoms with E-state index in [0.29, 0.717) is 12.2 Å². The van der Waals surface area contributed by atoms with Crippen LogP contribution in [0.25, 0.3) is 10.9 Å². The zero-order valence-electron chi connectivity index (χ0n) is 14.7. The molecule has 0 aliphatic rings. The van der Waals surface area contributed by atoms with Crippen molar-refractivity contribution >= 4 is 16.6 Å². The number of nitriles is 1. The zero-order chi connectivity index (χ0) is 17.8. The number of aromatic nitrogens is 2. The fourth-order valence-electron chi connectivity index (χ4n) is 2.90. The van der Waals surface area contributed by atoms with Crippen molar-refractivity contribution in [1.29, 1.82) is 5.26 Å². The number of anilines is 1. The topological polar surface area (TPSA) is 64.8 Å². The molecule has 0 aliphatic carbocycles. The highest BCUT2D eigenvalue weighted by Gasteiger charge is 2.16. The molecule has 0 saturated carbocycles. The number of aryl methyl sites for hydroxylation is 1. The monoisotopic (exact) mass is 331 g/mol. The highest BCUT2D eigenvalue weighted by atomic mass is 15.1. The predicted octanol–water partition coefficient (Wildman–Crippen LogP) is 3.52. The van der Waals surface area contributed by atoms with Crippen LogP contribution >= 0.6 is 0 Å². The number of hydrogen-bond donors (Lipinski definition) is 1. The third-order valence-corrected chi connectivity index (χ3v) is 4.33. The Labute approximate surface area is 147 Å². The quantitative estimate of drug-likeness (QED) is 0.775. The van der Waals surface area contributed by atoms with Crippen molar-refractivity contribution in [1.82, 2.24) is 15.1 Å². The van der Waals surface area contributed by atoms with Crippen molar-refractivity contribution in [2.45, 2.75) is 13.0 Å². The molecule has 0 radical (unpaired) electrons. The molecule has 0 aliphatic heterocycles. The molecule has 2 aromatic carbocycles. The van der Waals surface area contributed by atoms with Gasteiger partial charge in [0.25, 0.3) is 0 Å². The first kappa shape index (κ1) is 16.9. The zero-order valence-corrected chi connectivity index (χ0v) is 14.7. The van der Waals surface area contributed by atoms with Gasteiger partial charge in [-0.25, -0.2) is 0 Å². The third kappa shape index (κ3) is 3.59. The molecule has 3 rings (SSSR count). The van der Waals surface area contributed by atoms with E-state index in [1.165, 1.54) is 11.1 Å². The van der Waals surface area contributed by atoms with Gasteiger partial charge in [-0.05, 0) is 32.6 Å². The van der Waals surface area contributed by atoms with Crippen LogP contribution in [0.3, 0.4) is 0 Å². The lowest BCUT2D eigenvalue weighted by atomic mass is 10.0. The summed E-state index contributed by atoms with van der Waals surface area (Å²) in [5.41, 5.74) is 4.31. The van der Waals surface area contributed by atoms with Crippen LogP contribution in [-0.4, -0.2) is 35.7 Å². The van der Waals surface area contributed by atoms with Gasteiger partial charge >= 0.3 is 0 Å². The number of likely N-dealkylation sites (N-methyl/N-ethyl adjacent to an activating group) is 1. The second kappa shape index (κ2) is 7.29. The minimum atomic E-state index is 0.180. The molecule has 1 aromatic heterocycles.